The van der Waals surface area contributed by atoms with Gasteiger partial charge in [0.2, 0.25) is 5.91 Å². The quantitative estimate of drug-likeness (QED) is 0.724. The maximum atomic E-state index is 12.0. The Balaban J connectivity index is 2.61. The van der Waals surface area contributed by atoms with Crippen molar-refractivity contribution >= 4 is 21.8 Å². The highest BCUT2D eigenvalue weighted by Crippen LogP contribution is 2.11. The number of amides is 1. The van der Waals surface area contributed by atoms with Crippen LogP contribution in [-0.4, -0.2) is 48.2 Å². The average molecular weight is 317 g/mol. The second-order valence-corrected chi connectivity index (χ2v) is 5.36. The predicted molar refractivity (Wildman–Crippen MR) is 75.8 cm³/mol. The molecule has 0 saturated heterocycles. The fourth-order valence-electron chi connectivity index (χ4n) is 1.61. The summed E-state index contributed by atoms with van der Waals surface area (Å²) < 4.78 is 5.53. The largest absolute Gasteiger partial charge is 0.464 e. The van der Waals surface area contributed by atoms with Crippen molar-refractivity contribution in [1.82, 2.24) is 9.80 Å². The van der Waals surface area contributed by atoms with Gasteiger partial charge in [0, 0.05) is 24.8 Å². The fourth-order valence-corrected chi connectivity index (χ4v) is 1.95. The Morgan fingerprint density at radius 2 is 2.06 bits per heavy atom. The molecule has 0 radical (unpaired) electrons. The number of aryl methyl sites for hydroxylation is 1. The van der Waals surface area contributed by atoms with Gasteiger partial charge in [-0.05, 0) is 33.2 Å². The van der Waals surface area contributed by atoms with Crippen LogP contribution in [0.2, 0.25) is 0 Å². The summed E-state index contributed by atoms with van der Waals surface area (Å²) in [5, 5.41) is 0.696. The van der Waals surface area contributed by atoms with E-state index in [0.717, 1.165) is 24.6 Å². The van der Waals surface area contributed by atoms with Crippen molar-refractivity contribution in [2.45, 2.75) is 19.9 Å². The predicted octanol–water partition coefficient (Wildman–Crippen LogP) is 2.26. The van der Waals surface area contributed by atoms with Gasteiger partial charge in [-0.1, -0.05) is 15.9 Å². The SMILES string of the molecule is Cc1ccc(CN(CCN(C)C)C(=O)CCBr)o1. The highest BCUT2D eigenvalue weighted by molar-refractivity contribution is 9.09. The Morgan fingerprint density at radius 3 is 2.56 bits per heavy atom. The van der Waals surface area contributed by atoms with Crippen LogP contribution in [0.1, 0.15) is 17.9 Å². The van der Waals surface area contributed by atoms with E-state index in [0.29, 0.717) is 18.3 Å². The molecule has 1 aromatic rings. The highest BCUT2D eigenvalue weighted by atomic mass is 79.9. The van der Waals surface area contributed by atoms with Gasteiger partial charge in [-0.2, -0.15) is 0 Å². The van der Waals surface area contributed by atoms with Crippen LogP contribution < -0.4 is 0 Å². The molecule has 1 aromatic heterocycles. The van der Waals surface area contributed by atoms with E-state index in [2.05, 4.69) is 20.8 Å². The molecule has 0 spiro atoms. The van der Waals surface area contributed by atoms with Crippen LogP contribution in [0.3, 0.4) is 0 Å². The molecule has 1 amide bonds. The Labute approximate surface area is 117 Å². The highest BCUT2D eigenvalue weighted by Gasteiger charge is 2.15. The Hall–Kier alpha value is -0.810. The molecule has 1 rings (SSSR count). The van der Waals surface area contributed by atoms with Crippen LogP contribution >= 0.6 is 15.9 Å². The molecular weight excluding hydrogens is 296 g/mol. The molecule has 4 nitrogen and oxygen atoms in total. The molecule has 0 fully saturated rings. The Kier molecular flexibility index (Phi) is 6.43. The van der Waals surface area contributed by atoms with Gasteiger partial charge < -0.3 is 14.2 Å². The summed E-state index contributed by atoms with van der Waals surface area (Å²) in [6.45, 7) is 4.04. The van der Waals surface area contributed by atoms with E-state index in [-0.39, 0.29) is 5.91 Å². The molecular formula is C13H21BrN2O2. The van der Waals surface area contributed by atoms with E-state index in [9.17, 15) is 4.79 Å². The number of halogens is 1. The van der Waals surface area contributed by atoms with Gasteiger partial charge in [-0.3, -0.25) is 4.79 Å². The van der Waals surface area contributed by atoms with Crippen LogP contribution in [0.4, 0.5) is 0 Å². The topological polar surface area (TPSA) is 36.7 Å². The van der Waals surface area contributed by atoms with E-state index in [1.54, 1.807) is 0 Å². The summed E-state index contributed by atoms with van der Waals surface area (Å²) in [7, 11) is 4.01. The number of likely N-dealkylation sites (N-methyl/N-ethyl adjacent to an activating group) is 1. The monoisotopic (exact) mass is 316 g/mol. The normalized spacial score (nSPS) is 10.9. The van der Waals surface area contributed by atoms with Crippen molar-refractivity contribution in [3.8, 4) is 0 Å². The molecule has 0 bridgehead atoms. The van der Waals surface area contributed by atoms with Crippen molar-refractivity contribution in [3.63, 3.8) is 0 Å². The van der Waals surface area contributed by atoms with Crippen LogP contribution in [0.15, 0.2) is 16.5 Å². The molecule has 0 atom stereocenters. The lowest BCUT2D eigenvalue weighted by molar-refractivity contribution is -0.131. The number of rotatable bonds is 7. The Bertz CT molecular complexity index is 377. The van der Waals surface area contributed by atoms with E-state index < -0.39 is 0 Å². The first-order chi connectivity index (χ1) is 8.52. The van der Waals surface area contributed by atoms with Gasteiger partial charge in [0.15, 0.2) is 0 Å². The van der Waals surface area contributed by atoms with Crippen molar-refractivity contribution in [1.29, 1.82) is 0 Å². The second kappa shape index (κ2) is 7.59. The lowest BCUT2D eigenvalue weighted by Gasteiger charge is -2.23. The van der Waals surface area contributed by atoms with E-state index in [1.807, 2.05) is 38.1 Å². The zero-order valence-electron chi connectivity index (χ0n) is 11.3. The standard InChI is InChI=1S/C13H21BrN2O2/c1-11-4-5-12(18-11)10-16(9-8-15(2)3)13(17)6-7-14/h4-5H,6-10H2,1-3H3. The molecule has 0 aromatic carbocycles. The number of furan rings is 1. The van der Waals surface area contributed by atoms with Crippen LogP contribution in [0.25, 0.3) is 0 Å². The summed E-state index contributed by atoms with van der Waals surface area (Å²) in [6, 6.07) is 3.85. The summed E-state index contributed by atoms with van der Waals surface area (Å²) in [5.74, 6) is 1.88. The average Bonchev–Trinajstić information content (AvgIpc) is 2.70. The van der Waals surface area contributed by atoms with Crippen LogP contribution in [0, 0.1) is 6.92 Å². The molecule has 0 aliphatic heterocycles. The van der Waals surface area contributed by atoms with Crippen molar-refractivity contribution in [2.24, 2.45) is 0 Å². The van der Waals surface area contributed by atoms with Gasteiger partial charge in [-0.25, -0.2) is 0 Å². The van der Waals surface area contributed by atoms with Crippen LogP contribution in [0.5, 0.6) is 0 Å². The third-order valence-corrected chi connectivity index (χ3v) is 3.02. The summed E-state index contributed by atoms with van der Waals surface area (Å²) in [4.78, 5) is 15.9. The molecule has 5 heteroatoms. The fraction of sp³-hybridized carbons (Fsp3) is 0.615. The van der Waals surface area contributed by atoms with E-state index in [4.69, 9.17) is 4.42 Å². The molecule has 18 heavy (non-hydrogen) atoms. The number of carbonyl (C=O) groups is 1. The third-order valence-electron chi connectivity index (χ3n) is 2.62. The maximum Gasteiger partial charge on any atom is 0.223 e. The van der Waals surface area contributed by atoms with E-state index >= 15 is 0 Å². The minimum absolute atomic E-state index is 0.155. The zero-order valence-corrected chi connectivity index (χ0v) is 12.9. The molecule has 0 N–H and O–H groups in total. The zero-order chi connectivity index (χ0) is 13.5. The minimum atomic E-state index is 0.155. The van der Waals surface area contributed by atoms with Crippen molar-refractivity contribution < 1.29 is 9.21 Å². The van der Waals surface area contributed by atoms with Gasteiger partial charge in [-0.15, -0.1) is 0 Å². The van der Waals surface area contributed by atoms with Gasteiger partial charge in [0.05, 0.1) is 6.54 Å². The minimum Gasteiger partial charge on any atom is -0.464 e. The molecule has 1 heterocycles. The first-order valence-corrected chi connectivity index (χ1v) is 7.19. The van der Waals surface area contributed by atoms with Crippen molar-refractivity contribution in [2.75, 3.05) is 32.5 Å². The first kappa shape index (κ1) is 15.2. The smallest absolute Gasteiger partial charge is 0.223 e. The lowest BCUT2D eigenvalue weighted by atomic mass is 10.3. The molecule has 102 valence electrons. The maximum absolute atomic E-state index is 12.0. The van der Waals surface area contributed by atoms with E-state index in [1.165, 1.54) is 0 Å². The number of carbonyl (C=O) groups excluding carboxylic acids is 1. The number of nitrogens with zero attached hydrogens (tertiary/aromatic N) is 2. The van der Waals surface area contributed by atoms with Gasteiger partial charge in [0.1, 0.15) is 11.5 Å². The van der Waals surface area contributed by atoms with Crippen LogP contribution in [-0.2, 0) is 11.3 Å². The summed E-state index contributed by atoms with van der Waals surface area (Å²) in [5.41, 5.74) is 0. The molecule has 0 aliphatic rings. The Morgan fingerprint density at radius 1 is 1.33 bits per heavy atom. The van der Waals surface area contributed by atoms with Gasteiger partial charge >= 0.3 is 0 Å². The number of hydrogen-bond acceptors (Lipinski definition) is 3. The van der Waals surface area contributed by atoms with Crippen molar-refractivity contribution in [3.05, 3.63) is 23.7 Å². The number of alkyl halides is 1. The third kappa shape index (κ3) is 5.23. The van der Waals surface area contributed by atoms with Gasteiger partial charge in [0.25, 0.3) is 0 Å². The first-order valence-electron chi connectivity index (χ1n) is 6.06. The molecule has 0 saturated carbocycles. The second-order valence-electron chi connectivity index (χ2n) is 4.57. The molecule has 0 unspecified atom stereocenters. The molecule has 0 aliphatic carbocycles. The number of hydrogen-bond donors (Lipinski definition) is 0. The summed E-state index contributed by atoms with van der Waals surface area (Å²) >= 11 is 3.31. The lowest BCUT2D eigenvalue weighted by Crippen LogP contribution is -2.36. The summed E-state index contributed by atoms with van der Waals surface area (Å²) in [6.07, 6.45) is 0.521.